The van der Waals surface area contributed by atoms with Gasteiger partial charge in [-0.05, 0) is 31.9 Å². The van der Waals surface area contributed by atoms with Gasteiger partial charge in [0, 0.05) is 20.0 Å². The number of amides is 1. The standard InChI is InChI=1S/C13H17NO4/c1-9-3-4-10(18-9)5-8-14(2)11(15)13(6-7-13)12(16)17/h3-4H,5-8H2,1-2H3,(H,16,17). The molecule has 2 rings (SSSR count). The van der Waals surface area contributed by atoms with Gasteiger partial charge in [-0.2, -0.15) is 0 Å². The van der Waals surface area contributed by atoms with E-state index in [0.29, 0.717) is 25.8 Å². The molecule has 0 saturated heterocycles. The normalized spacial score (nSPS) is 16.3. The maximum Gasteiger partial charge on any atom is 0.319 e. The van der Waals surface area contributed by atoms with E-state index >= 15 is 0 Å². The number of carboxylic acid groups (broad SMARTS) is 1. The topological polar surface area (TPSA) is 70.8 Å². The molecule has 1 aliphatic carbocycles. The maximum atomic E-state index is 12.0. The number of furan rings is 1. The predicted molar refractivity (Wildman–Crippen MR) is 64.1 cm³/mol. The van der Waals surface area contributed by atoms with Crippen molar-refractivity contribution in [2.24, 2.45) is 5.41 Å². The Morgan fingerprint density at radius 1 is 1.44 bits per heavy atom. The van der Waals surface area contributed by atoms with E-state index in [2.05, 4.69) is 0 Å². The molecule has 1 fully saturated rings. The third-order valence-corrected chi connectivity index (χ3v) is 3.41. The summed E-state index contributed by atoms with van der Waals surface area (Å²) in [6.45, 7) is 2.34. The number of carbonyl (C=O) groups is 2. The molecular weight excluding hydrogens is 234 g/mol. The minimum absolute atomic E-state index is 0.293. The molecule has 1 amide bonds. The number of aryl methyl sites for hydroxylation is 1. The molecule has 1 aromatic rings. The van der Waals surface area contributed by atoms with Crippen LogP contribution in [-0.2, 0) is 16.0 Å². The molecule has 0 spiro atoms. The molecule has 1 aliphatic rings. The van der Waals surface area contributed by atoms with Gasteiger partial charge in [0.05, 0.1) is 0 Å². The average molecular weight is 251 g/mol. The van der Waals surface area contributed by atoms with Crippen LogP contribution >= 0.6 is 0 Å². The van der Waals surface area contributed by atoms with E-state index in [9.17, 15) is 9.59 Å². The third kappa shape index (κ3) is 2.25. The van der Waals surface area contributed by atoms with Crippen LogP contribution in [0.1, 0.15) is 24.4 Å². The van der Waals surface area contributed by atoms with Crippen molar-refractivity contribution in [3.8, 4) is 0 Å². The van der Waals surface area contributed by atoms with Gasteiger partial charge in [-0.1, -0.05) is 0 Å². The largest absolute Gasteiger partial charge is 0.480 e. The summed E-state index contributed by atoms with van der Waals surface area (Å²) in [6.07, 6.45) is 1.50. The van der Waals surface area contributed by atoms with Gasteiger partial charge in [0.2, 0.25) is 5.91 Å². The molecule has 0 aromatic carbocycles. The Kier molecular flexibility index (Phi) is 3.15. The fourth-order valence-electron chi connectivity index (χ4n) is 2.01. The van der Waals surface area contributed by atoms with Gasteiger partial charge in [0.15, 0.2) is 0 Å². The molecule has 5 heteroatoms. The van der Waals surface area contributed by atoms with Crippen LogP contribution < -0.4 is 0 Å². The number of nitrogens with zero attached hydrogens (tertiary/aromatic N) is 1. The highest BCUT2D eigenvalue weighted by atomic mass is 16.4. The zero-order valence-electron chi connectivity index (χ0n) is 10.6. The molecule has 1 N–H and O–H groups in total. The van der Waals surface area contributed by atoms with Crippen LogP contribution in [0.4, 0.5) is 0 Å². The number of likely N-dealkylation sites (N-methyl/N-ethyl adjacent to an activating group) is 1. The summed E-state index contributed by atoms with van der Waals surface area (Å²) in [5.74, 6) is 0.349. The highest BCUT2D eigenvalue weighted by molar-refractivity contribution is 6.04. The number of carboxylic acids is 1. The van der Waals surface area contributed by atoms with Crippen molar-refractivity contribution in [2.45, 2.75) is 26.2 Å². The Morgan fingerprint density at radius 2 is 2.11 bits per heavy atom. The van der Waals surface area contributed by atoms with Gasteiger partial charge in [-0.25, -0.2) is 0 Å². The Hall–Kier alpha value is -1.78. The predicted octanol–water partition coefficient (Wildman–Crippen LogP) is 1.45. The van der Waals surface area contributed by atoms with Crippen LogP contribution in [0.15, 0.2) is 16.5 Å². The molecule has 0 bridgehead atoms. The summed E-state index contributed by atoms with van der Waals surface area (Å²) in [7, 11) is 1.64. The second-order valence-corrected chi connectivity index (χ2v) is 4.88. The fourth-order valence-corrected chi connectivity index (χ4v) is 2.01. The highest BCUT2D eigenvalue weighted by Crippen LogP contribution is 2.47. The van der Waals surface area contributed by atoms with Gasteiger partial charge in [-0.15, -0.1) is 0 Å². The Balaban J connectivity index is 1.90. The smallest absolute Gasteiger partial charge is 0.319 e. The molecule has 1 saturated carbocycles. The summed E-state index contributed by atoms with van der Waals surface area (Å²) in [5, 5.41) is 9.05. The van der Waals surface area contributed by atoms with Crippen LogP contribution in [0.5, 0.6) is 0 Å². The monoisotopic (exact) mass is 251 g/mol. The quantitative estimate of drug-likeness (QED) is 0.804. The lowest BCUT2D eigenvalue weighted by Crippen LogP contribution is -2.39. The van der Waals surface area contributed by atoms with E-state index in [0.717, 1.165) is 11.5 Å². The highest BCUT2D eigenvalue weighted by Gasteiger charge is 2.58. The first kappa shape index (κ1) is 12.7. The van der Waals surface area contributed by atoms with Crippen molar-refractivity contribution in [2.75, 3.05) is 13.6 Å². The number of hydrogen-bond acceptors (Lipinski definition) is 3. The van der Waals surface area contributed by atoms with E-state index in [-0.39, 0.29) is 5.91 Å². The first-order valence-electron chi connectivity index (χ1n) is 6.00. The van der Waals surface area contributed by atoms with Crippen LogP contribution in [0.2, 0.25) is 0 Å². The lowest BCUT2D eigenvalue weighted by molar-refractivity contribution is -0.152. The summed E-state index contributed by atoms with van der Waals surface area (Å²) in [6, 6.07) is 3.74. The van der Waals surface area contributed by atoms with E-state index in [1.54, 1.807) is 7.05 Å². The molecule has 1 heterocycles. The van der Waals surface area contributed by atoms with Crippen molar-refractivity contribution >= 4 is 11.9 Å². The molecule has 0 unspecified atom stereocenters. The fraction of sp³-hybridized carbons (Fsp3) is 0.538. The van der Waals surface area contributed by atoms with Gasteiger partial charge in [0.1, 0.15) is 16.9 Å². The van der Waals surface area contributed by atoms with Crippen molar-refractivity contribution in [1.82, 2.24) is 4.90 Å². The molecular formula is C13H17NO4. The Morgan fingerprint density at radius 3 is 2.56 bits per heavy atom. The first-order chi connectivity index (χ1) is 8.45. The molecule has 18 heavy (non-hydrogen) atoms. The van der Waals surface area contributed by atoms with Crippen LogP contribution in [0.3, 0.4) is 0 Å². The lowest BCUT2D eigenvalue weighted by atomic mass is 10.1. The summed E-state index contributed by atoms with van der Waals surface area (Å²) in [4.78, 5) is 24.5. The zero-order chi connectivity index (χ0) is 13.3. The second kappa shape index (κ2) is 4.48. The minimum Gasteiger partial charge on any atom is -0.480 e. The number of rotatable bonds is 5. The van der Waals surface area contributed by atoms with Crippen molar-refractivity contribution < 1.29 is 19.1 Å². The van der Waals surface area contributed by atoms with E-state index < -0.39 is 11.4 Å². The number of carbonyl (C=O) groups excluding carboxylic acids is 1. The van der Waals surface area contributed by atoms with Crippen LogP contribution in [0, 0.1) is 12.3 Å². The molecule has 98 valence electrons. The zero-order valence-corrected chi connectivity index (χ0v) is 10.6. The molecule has 0 aliphatic heterocycles. The number of aliphatic carboxylic acids is 1. The molecule has 0 atom stereocenters. The van der Waals surface area contributed by atoms with Gasteiger partial charge in [-0.3, -0.25) is 9.59 Å². The van der Waals surface area contributed by atoms with E-state index in [4.69, 9.17) is 9.52 Å². The van der Waals surface area contributed by atoms with Crippen LogP contribution in [0.25, 0.3) is 0 Å². The van der Waals surface area contributed by atoms with Crippen LogP contribution in [-0.4, -0.2) is 35.5 Å². The van der Waals surface area contributed by atoms with Gasteiger partial charge < -0.3 is 14.4 Å². The van der Waals surface area contributed by atoms with Gasteiger partial charge in [0.25, 0.3) is 0 Å². The SMILES string of the molecule is Cc1ccc(CCN(C)C(=O)C2(C(=O)O)CC2)o1. The Bertz CT molecular complexity index is 473. The first-order valence-corrected chi connectivity index (χ1v) is 6.00. The van der Waals surface area contributed by atoms with E-state index in [1.165, 1.54) is 4.90 Å². The lowest BCUT2D eigenvalue weighted by Gasteiger charge is -2.20. The summed E-state index contributed by atoms with van der Waals surface area (Å²) < 4.78 is 5.41. The van der Waals surface area contributed by atoms with Gasteiger partial charge >= 0.3 is 5.97 Å². The maximum absolute atomic E-state index is 12.0. The molecule has 0 radical (unpaired) electrons. The Labute approximate surface area is 105 Å². The van der Waals surface area contributed by atoms with Crippen molar-refractivity contribution in [3.05, 3.63) is 23.7 Å². The molecule has 5 nitrogen and oxygen atoms in total. The second-order valence-electron chi connectivity index (χ2n) is 4.88. The summed E-state index contributed by atoms with van der Waals surface area (Å²) in [5.41, 5.74) is -1.15. The van der Waals surface area contributed by atoms with E-state index in [1.807, 2.05) is 19.1 Å². The number of hydrogen-bond donors (Lipinski definition) is 1. The summed E-state index contributed by atoms with van der Waals surface area (Å²) >= 11 is 0. The minimum atomic E-state index is -1.15. The average Bonchev–Trinajstić information content (AvgIpc) is 3.04. The van der Waals surface area contributed by atoms with Crippen molar-refractivity contribution in [1.29, 1.82) is 0 Å². The van der Waals surface area contributed by atoms with Crippen molar-refractivity contribution in [3.63, 3.8) is 0 Å². The third-order valence-electron chi connectivity index (χ3n) is 3.41. The molecule has 1 aromatic heterocycles.